The van der Waals surface area contributed by atoms with Crippen LogP contribution in [-0.4, -0.2) is 57.9 Å². The van der Waals surface area contributed by atoms with Crippen LogP contribution in [0.15, 0.2) is 34.9 Å². The molecule has 3 heterocycles. The number of amides is 2. The third-order valence-corrected chi connectivity index (χ3v) is 7.14. The highest BCUT2D eigenvalue weighted by Gasteiger charge is 2.59. The molecule has 1 aliphatic carbocycles. The maximum Gasteiger partial charge on any atom is 0.253 e. The lowest BCUT2D eigenvalue weighted by Crippen LogP contribution is -2.43. The first-order valence-corrected chi connectivity index (χ1v) is 11.0. The number of nitrogens with zero attached hydrogens (tertiary/aromatic N) is 4. The zero-order valence-corrected chi connectivity index (χ0v) is 17.4. The summed E-state index contributed by atoms with van der Waals surface area (Å²) in [6.45, 7) is 4.11. The van der Waals surface area contributed by atoms with Gasteiger partial charge in [0.05, 0.1) is 5.41 Å². The third kappa shape index (κ3) is 3.20. The Hall–Kier alpha value is -2.70. The molecule has 2 amide bonds. The smallest absolute Gasteiger partial charge is 0.253 e. The summed E-state index contributed by atoms with van der Waals surface area (Å²) < 4.78 is 5.62. The van der Waals surface area contributed by atoms with Crippen LogP contribution in [0.2, 0.25) is 0 Å². The van der Waals surface area contributed by atoms with Gasteiger partial charge in [-0.1, -0.05) is 42.6 Å². The summed E-state index contributed by atoms with van der Waals surface area (Å²) in [5, 5.41) is 4.01. The number of hydrogen-bond acceptors (Lipinski definition) is 5. The molecule has 0 N–H and O–H groups in total. The van der Waals surface area contributed by atoms with Crippen LogP contribution >= 0.6 is 0 Å². The highest BCUT2D eigenvalue weighted by atomic mass is 16.5. The first kappa shape index (κ1) is 19.3. The first-order valence-electron chi connectivity index (χ1n) is 11.0. The number of fused-ring (bicyclic) bond motifs is 1. The van der Waals surface area contributed by atoms with Gasteiger partial charge in [-0.25, -0.2) is 0 Å². The van der Waals surface area contributed by atoms with Gasteiger partial charge in [0, 0.05) is 43.6 Å². The Morgan fingerprint density at radius 1 is 1.03 bits per heavy atom. The lowest BCUT2D eigenvalue weighted by Gasteiger charge is -2.29. The quantitative estimate of drug-likeness (QED) is 0.780. The fraction of sp³-hybridized carbons (Fsp3) is 0.565. The summed E-state index contributed by atoms with van der Waals surface area (Å²) >= 11 is 0. The largest absolute Gasteiger partial charge is 0.341 e. The Kier molecular flexibility index (Phi) is 4.83. The van der Waals surface area contributed by atoms with Crippen LogP contribution in [-0.2, 0) is 10.2 Å². The van der Waals surface area contributed by atoms with Gasteiger partial charge in [0.15, 0.2) is 5.82 Å². The Balaban J connectivity index is 1.41. The molecule has 158 valence electrons. The van der Waals surface area contributed by atoms with Gasteiger partial charge in [-0.2, -0.15) is 4.98 Å². The van der Waals surface area contributed by atoms with Crippen molar-refractivity contribution in [3.05, 3.63) is 47.6 Å². The zero-order chi connectivity index (χ0) is 20.7. The molecule has 30 heavy (non-hydrogen) atoms. The van der Waals surface area contributed by atoms with Crippen molar-refractivity contribution in [2.24, 2.45) is 11.8 Å². The Morgan fingerprint density at radius 2 is 1.73 bits per heavy atom. The molecule has 7 nitrogen and oxygen atoms in total. The number of hydrogen-bond donors (Lipinski definition) is 0. The minimum atomic E-state index is -0.476. The van der Waals surface area contributed by atoms with Gasteiger partial charge in [0.25, 0.3) is 5.91 Å². The van der Waals surface area contributed by atoms with Crippen LogP contribution in [0.5, 0.6) is 0 Å². The molecule has 1 saturated carbocycles. The lowest BCUT2D eigenvalue weighted by molar-refractivity contribution is -0.135. The molecule has 1 aromatic heterocycles. The van der Waals surface area contributed by atoms with Crippen molar-refractivity contribution in [3.8, 4) is 0 Å². The van der Waals surface area contributed by atoms with Gasteiger partial charge < -0.3 is 14.3 Å². The molecule has 2 aromatic rings. The molecule has 1 aromatic carbocycles. The van der Waals surface area contributed by atoms with E-state index in [1.165, 1.54) is 6.42 Å². The fourth-order valence-corrected chi connectivity index (χ4v) is 5.56. The summed E-state index contributed by atoms with van der Waals surface area (Å²) in [7, 11) is 0. The van der Waals surface area contributed by atoms with Crippen molar-refractivity contribution < 1.29 is 14.1 Å². The molecule has 2 saturated heterocycles. The number of aromatic nitrogens is 2. The molecule has 5 rings (SSSR count). The van der Waals surface area contributed by atoms with Crippen molar-refractivity contribution in [3.63, 3.8) is 0 Å². The monoisotopic (exact) mass is 408 g/mol. The zero-order valence-electron chi connectivity index (χ0n) is 17.4. The van der Waals surface area contributed by atoms with E-state index in [-0.39, 0.29) is 23.7 Å². The number of likely N-dealkylation sites (tertiary alicyclic amines) is 2. The second-order valence-corrected chi connectivity index (χ2v) is 9.11. The second-order valence-electron chi connectivity index (χ2n) is 9.11. The summed E-state index contributed by atoms with van der Waals surface area (Å²) in [6.07, 6.45) is 5.49. The molecule has 0 unspecified atom stereocenters. The van der Waals surface area contributed by atoms with Gasteiger partial charge in [0.2, 0.25) is 11.8 Å². The van der Waals surface area contributed by atoms with Crippen LogP contribution in [0.4, 0.5) is 0 Å². The molecular formula is C23H28N4O3. The molecule has 0 radical (unpaired) electrons. The number of carbonyl (C=O) groups is 2. The summed E-state index contributed by atoms with van der Waals surface area (Å²) in [5.74, 6) is 1.68. The minimum Gasteiger partial charge on any atom is -0.341 e. The SMILES string of the molecule is Cc1noc([C@@]23CN(C(=O)c4ccccc4)C[C@@H]2CN(C(=O)C2CCCCC2)C3)n1. The standard InChI is InChI=1S/C23H28N4O3/c1-16-24-22(30-25-16)23-14-26(20(28)17-8-4-2-5-9-17)12-19(23)13-27(15-23)21(29)18-10-6-3-7-11-18/h2,4-5,8-9,18-19H,3,6-7,10-15H2,1H3/t19-,23-/m1/s1. The van der Waals surface area contributed by atoms with Gasteiger partial charge in [-0.3, -0.25) is 9.59 Å². The van der Waals surface area contributed by atoms with Gasteiger partial charge in [0.1, 0.15) is 0 Å². The average Bonchev–Trinajstić information content (AvgIpc) is 3.46. The Morgan fingerprint density at radius 3 is 2.43 bits per heavy atom. The third-order valence-electron chi connectivity index (χ3n) is 7.14. The summed E-state index contributed by atoms with van der Waals surface area (Å²) in [6, 6.07) is 9.36. The topological polar surface area (TPSA) is 79.5 Å². The summed E-state index contributed by atoms with van der Waals surface area (Å²) in [4.78, 5) is 34.8. The van der Waals surface area contributed by atoms with Crippen LogP contribution in [0.25, 0.3) is 0 Å². The van der Waals surface area contributed by atoms with E-state index in [1.54, 1.807) is 6.92 Å². The average molecular weight is 409 g/mol. The Labute approximate surface area is 176 Å². The van der Waals surface area contributed by atoms with Crippen LogP contribution in [0, 0.1) is 18.8 Å². The fourth-order valence-electron chi connectivity index (χ4n) is 5.56. The highest BCUT2D eigenvalue weighted by Crippen LogP contribution is 2.45. The maximum absolute atomic E-state index is 13.2. The van der Waals surface area contributed by atoms with Crippen molar-refractivity contribution in [2.45, 2.75) is 44.4 Å². The van der Waals surface area contributed by atoms with E-state index in [4.69, 9.17) is 4.52 Å². The van der Waals surface area contributed by atoms with E-state index >= 15 is 0 Å². The van der Waals surface area contributed by atoms with E-state index < -0.39 is 5.41 Å². The maximum atomic E-state index is 13.2. The van der Waals surface area contributed by atoms with Crippen molar-refractivity contribution in [1.29, 1.82) is 0 Å². The molecule has 2 atom stereocenters. The highest BCUT2D eigenvalue weighted by molar-refractivity contribution is 5.94. The molecule has 0 bridgehead atoms. The normalized spacial score (nSPS) is 26.8. The molecule has 3 fully saturated rings. The number of rotatable bonds is 3. The molecule has 7 heteroatoms. The predicted molar refractivity (Wildman–Crippen MR) is 110 cm³/mol. The molecule has 0 spiro atoms. The number of benzene rings is 1. The van der Waals surface area contributed by atoms with E-state index in [0.29, 0.717) is 43.5 Å². The Bertz CT molecular complexity index is 937. The first-order chi connectivity index (χ1) is 14.6. The second kappa shape index (κ2) is 7.52. The van der Waals surface area contributed by atoms with Crippen LogP contribution in [0.1, 0.15) is 54.2 Å². The summed E-state index contributed by atoms with van der Waals surface area (Å²) in [5.41, 5.74) is 0.209. The number of aryl methyl sites for hydroxylation is 1. The van der Waals surface area contributed by atoms with Gasteiger partial charge in [-0.05, 0) is 31.9 Å². The van der Waals surface area contributed by atoms with E-state index in [2.05, 4.69) is 10.1 Å². The van der Waals surface area contributed by atoms with E-state index in [0.717, 1.165) is 25.7 Å². The van der Waals surface area contributed by atoms with Crippen LogP contribution in [0.3, 0.4) is 0 Å². The van der Waals surface area contributed by atoms with E-state index in [1.807, 2.05) is 40.1 Å². The molecular weight excluding hydrogens is 380 g/mol. The number of carbonyl (C=O) groups excluding carboxylic acids is 2. The van der Waals surface area contributed by atoms with Crippen molar-refractivity contribution in [2.75, 3.05) is 26.2 Å². The molecule has 2 aliphatic heterocycles. The van der Waals surface area contributed by atoms with Gasteiger partial charge in [-0.15, -0.1) is 0 Å². The van der Waals surface area contributed by atoms with Crippen LogP contribution < -0.4 is 0 Å². The van der Waals surface area contributed by atoms with E-state index in [9.17, 15) is 9.59 Å². The van der Waals surface area contributed by atoms with Crippen molar-refractivity contribution >= 4 is 11.8 Å². The lowest BCUT2D eigenvalue weighted by atomic mass is 9.81. The predicted octanol–water partition coefficient (Wildman–Crippen LogP) is 2.81. The minimum absolute atomic E-state index is 0.0192. The van der Waals surface area contributed by atoms with Crippen molar-refractivity contribution in [1.82, 2.24) is 19.9 Å². The molecule has 3 aliphatic rings. The van der Waals surface area contributed by atoms with Gasteiger partial charge >= 0.3 is 0 Å².